The predicted molar refractivity (Wildman–Crippen MR) is 79.0 cm³/mol. The van der Waals surface area contributed by atoms with E-state index in [4.69, 9.17) is 0 Å². The average molecular weight is 311 g/mol. The molecule has 1 unspecified atom stereocenters. The highest BCUT2D eigenvalue weighted by Gasteiger charge is 2.27. The SMILES string of the molecule is CCn1cc(S(=O)(=O)NC(c2nccn2C)C(C)C)cn1. The van der Waals surface area contributed by atoms with Gasteiger partial charge in [0.15, 0.2) is 0 Å². The molecular formula is C13H21N5O2S. The zero-order valence-corrected chi connectivity index (χ0v) is 13.5. The molecule has 7 nitrogen and oxygen atoms in total. The van der Waals surface area contributed by atoms with Crippen LogP contribution in [0.15, 0.2) is 29.7 Å². The summed E-state index contributed by atoms with van der Waals surface area (Å²) >= 11 is 0. The van der Waals surface area contributed by atoms with Crippen molar-refractivity contribution in [2.24, 2.45) is 13.0 Å². The largest absolute Gasteiger partial charge is 0.337 e. The Morgan fingerprint density at radius 2 is 2.10 bits per heavy atom. The van der Waals surface area contributed by atoms with Crippen molar-refractivity contribution >= 4 is 10.0 Å². The topological polar surface area (TPSA) is 81.8 Å². The predicted octanol–water partition coefficient (Wildman–Crippen LogP) is 1.31. The molecule has 0 amide bonds. The summed E-state index contributed by atoms with van der Waals surface area (Å²) in [6.07, 6.45) is 6.35. The minimum absolute atomic E-state index is 0.0714. The van der Waals surface area contributed by atoms with Crippen molar-refractivity contribution in [3.8, 4) is 0 Å². The van der Waals surface area contributed by atoms with Crippen LogP contribution in [0.3, 0.4) is 0 Å². The van der Waals surface area contributed by atoms with Crippen LogP contribution in [0.5, 0.6) is 0 Å². The summed E-state index contributed by atoms with van der Waals surface area (Å²) in [5.41, 5.74) is 0. The summed E-state index contributed by atoms with van der Waals surface area (Å²) < 4.78 is 31.1. The number of aromatic nitrogens is 4. The highest BCUT2D eigenvalue weighted by atomic mass is 32.2. The number of nitrogens with one attached hydrogen (secondary N) is 1. The fourth-order valence-electron chi connectivity index (χ4n) is 2.06. The summed E-state index contributed by atoms with van der Waals surface area (Å²) in [4.78, 5) is 4.42. The van der Waals surface area contributed by atoms with Gasteiger partial charge in [0.1, 0.15) is 10.7 Å². The molecule has 0 aliphatic heterocycles. The van der Waals surface area contributed by atoms with Gasteiger partial charge in [0, 0.05) is 32.2 Å². The van der Waals surface area contributed by atoms with Gasteiger partial charge in [0.2, 0.25) is 10.0 Å². The van der Waals surface area contributed by atoms with E-state index in [0.717, 1.165) is 0 Å². The molecule has 2 rings (SSSR count). The highest BCUT2D eigenvalue weighted by molar-refractivity contribution is 7.89. The molecule has 0 aliphatic carbocycles. The lowest BCUT2D eigenvalue weighted by atomic mass is 10.1. The quantitative estimate of drug-likeness (QED) is 0.872. The fraction of sp³-hybridized carbons (Fsp3) is 0.538. The van der Waals surface area contributed by atoms with E-state index in [9.17, 15) is 8.42 Å². The van der Waals surface area contributed by atoms with Gasteiger partial charge in [-0.1, -0.05) is 13.8 Å². The molecule has 2 aromatic heterocycles. The Morgan fingerprint density at radius 3 is 2.57 bits per heavy atom. The number of hydrogen-bond acceptors (Lipinski definition) is 4. The number of sulfonamides is 1. The number of aryl methyl sites for hydroxylation is 2. The summed E-state index contributed by atoms with van der Waals surface area (Å²) in [5, 5.41) is 4.01. The van der Waals surface area contributed by atoms with Crippen LogP contribution in [-0.2, 0) is 23.6 Å². The van der Waals surface area contributed by atoms with Crippen LogP contribution < -0.4 is 4.72 Å². The number of imidazole rings is 1. The average Bonchev–Trinajstić information content (AvgIpc) is 3.04. The second kappa shape index (κ2) is 5.98. The van der Waals surface area contributed by atoms with Crippen LogP contribution in [0.25, 0.3) is 0 Å². The molecule has 2 aromatic rings. The first-order valence-corrected chi connectivity index (χ1v) is 8.35. The lowest BCUT2D eigenvalue weighted by Gasteiger charge is -2.21. The van der Waals surface area contributed by atoms with Gasteiger partial charge < -0.3 is 4.57 Å². The second-order valence-electron chi connectivity index (χ2n) is 5.27. The van der Waals surface area contributed by atoms with Crippen molar-refractivity contribution in [1.82, 2.24) is 24.1 Å². The van der Waals surface area contributed by atoms with Crippen LogP contribution >= 0.6 is 0 Å². The van der Waals surface area contributed by atoms with Gasteiger partial charge in [-0.2, -0.15) is 5.10 Å². The number of hydrogen-bond donors (Lipinski definition) is 1. The molecule has 0 saturated heterocycles. The van der Waals surface area contributed by atoms with E-state index < -0.39 is 10.0 Å². The molecule has 0 fully saturated rings. The third-order valence-electron chi connectivity index (χ3n) is 3.33. The van der Waals surface area contributed by atoms with Crippen molar-refractivity contribution in [2.75, 3.05) is 0 Å². The Balaban J connectivity index is 2.30. The van der Waals surface area contributed by atoms with Gasteiger partial charge in [0.05, 0.1) is 12.2 Å². The molecule has 0 aliphatic rings. The van der Waals surface area contributed by atoms with E-state index in [1.807, 2.05) is 32.4 Å². The molecule has 0 spiro atoms. The molecule has 116 valence electrons. The van der Waals surface area contributed by atoms with Gasteiger partial charge in [-0.15, -0.1) is 0 Å². The van der Waals surface area contributed by atoms with E-state index in [-0.39, 0.29) is 16.9 Å². The third kappa shape index (κ3) is 3.33. The highest BCUT2D eigenvalue weighted by Crippen LogP contribution is 2.22. The van der Waals surface area contributed by atoms with Gasteiger partial charge in [0.25, 0.3) is 0 Å². The van der Waals surface area contributed by atoms with E-state index in [1.165, 1.54) is 12.4 Å². The summed E-state index contributed by atoms with van der Waals surface area (Å²) in [7, 11) is -1.77. The first kappa shape index (κ1) is 15.7. The Morgan fingerprint density at radius 1 is 1.38 bits per heavy atom. The lowest BCUT2D eigenvalue weighted by Crippen LogP contribution is -2.33. The van der Waals surface area contributed by atoms with Crippen LogP contribution in [0.4, 0.5) is 0 Å². The molecule has 1 atom stereocenters. The monoisotopic (exact) mass is 311 g/mol. The van der Waals surface area contributed by atoms with Gasteiger partial charge >= 0.3 is 0 Å². The Bertz CT molecular complexity index is 702. The first-order chi connectivity index (χ1) is 9.85. The van der Waals surface area contributed by atoms with Crippen LogP contribution in [-0.4, -0.2) is 27.7 Å². The molecule has 2 heterocycles. The molecule has 1 N–H and O–H groups in total. The number of nitrogens with zero attached hydrogens (tertiary/aromatic N) is 4. The molecule has 8 heteroatoms. The Labute approximate surface area is 125 Å². The van der Waals surface area contributed by atoms with Crippen molar-refractivity contribution in [3.05, 3.63) is 30.6 Å². The lowest BCUT2D eigenvalue weighted by molar-refractivity contribution is 0.435. The molecule has 21 heavy (non-hydrogen) atoms. The Kier molecular flexibility index (Phi) is 4.48. The van der Waals surface area contributed by atoms with Crippen molar-refractivity contribution < 1.29 is 8.42 Å². The third-order valence-corrected chi connectivity index (χ3v) is 4.72. The maximum Gasteiger partial charge on any atom is 0.244 e. The minimum Gasteiger partial charge on any atom is -0.337 e. The summed E-state index contributed by atoms with van der Waals surface area (Å²) in [5.74, 6) is 0.763. The smallest absolute Gasteiger partial charge is 0.244 e. The van der Waals surface area contributed by atoms with Crippen LogP contribution in [0, 0.1) is 5.92 Å². The minimum atomic E-state index is -3.62. The van der Waals surface area contributed by atoms with Crippen molar-refractivity contribution in [2.45, 2.75) is 38.3 Å². The molecular weight excluding hydrogens is 290 g/mol. The van der Waals surface area contributed by atoms with Crippen LogP contribution in [0.1, 0.15) is 32.6 Å². The maximum atomic E-state index is 12.5. The van der Waals surface area contributed by atoms with E-state index in [1.54, 1.807) is 17.1 Å². The first-order valence-electron chi connectivity index (χ1n) is 6.87. The number of rotatable bonds is 6. The Hall–Kier alpha value is -1.67. The van der Waals surface area contributed by atoms with Gasteiger partial charge in [-0.3, -0.25) is 4.68 Å². The van der Waals surface area contributed by atoms with E-state index in [0.29, 0.717) is 12.4 Å². The van der Waals surface area contributed by atoms with E-state index >= 15 is 0 Å². The normalized spacial score (nSPS) is 13.8. The molecule has 0 saturated carbocycles. The van der Waals surface area contributed by atoms with Crippen molar-refractivity contribution in [1.29, 1.82) is 0 Å². The summed E-state index contributed by atoms with van der Waals surface area (Å²) in [6.45, 7) is 6.44. The second-order valence-corrected chi connectivity index (χ2v) is 6.99. The molecule has 0 radical (unpaired) electrons. The zero-order valence-electron chi connectivity index (χ0n) is 12.7. The van der Waals surface area contributed by atoms with Crippen LogP contribution in [0.2, 0.25) is 0 Å². The summed E-state index contributed by atoms with van der Waals surface area (Å²) in [6, 6.07) is -0.389. The maximum absolute atomic E-state index is 12.5. The molecule has 0 aromatic carbocycles. The van der Waals surface area contributed by atoms with E-state index in [2.05, 4.69) is 14.8 Å². The van der Waals surface area contributed by atoms with Crippen molar-refractivity contribution in [3.63, 3.8) is 0 Å². The standard InChI is InChI=1S/C13H21N5O2S/c1-5-18-9-11(8-15-18)21(19,20)16-12(10(2)3)13-14-6-7-17(13)4/h6-10,12,16H,5H2,1-4H3. The van der Waals surface area contributed by atoms with Gasteiger partial charge in [-0.05, 0) is 12.8 Å². The fourth-order valence-corrected chi connectivity index (χ4v) is 3.35. The van der Waals surface area contributed by atoms with Gasteiger partial charge in [-0.25, -0.2) is 18.1 Å². The zero-order chi connectivity index (χ0) is 15.6. The molecule has 0 bridgehead atoms.